The van der Waals surface area contributed by atoms with Gasteiger partial charge in [0, 0.05) is 22.5 Å². The predicted molar refractivity (Wildman–Crippen MR) is 124 cm³/mol. The third kappa shape index (κ3) is 6.07. The number of carbonyl (C=O) groups is 3. The van der Waals surface area contributed by atoms with Crippen LogP contribution in [-0.2, 0) is 25.2 Å². The number of hydrogen-bond donors (Lipinski definition) is 0. The summed E-state index contributed by atoms with van der Waals surface area (Å²) >= 11 is 2.71. The fourth-order valence-electron chi connectivity index (χ4n) is 4.09. The molecule has 15 heteroatoms. The number of ether oxygens (including phenoxy) is 2. The van der Waals surface area contributed by atoms with Gasteiger partial charge in [0.1, 0.15) is 17.3 Å². The summed E-state index contributed by atoms with van der Waals surface area (Å²) in [5, 5.41) is 2.98. The number of carbonyl (C=O) groups excluding carboxylic acids is 3. The Kier molecular flexibility index (Phi) is 8.39. The minimum atomic E-state index is -5.00. The van der Waals surface area contributed by atoms with Crippen LogP contribution in [0.3, 0.4) is 0 Å². The number of ketones is 1. The number of aromatic nitrogens is 2. The van der Waals surface area contributed by atoms with Crippen molar-refractivity contribution in [3.05, 3.63) is 27.9 Å². The van der Waals surface area contributed by atoms with Crippen LogP contribution < -0.4 is 0 Å². The second-order valence-electron chi connectivity index (χ2n) is 9.53. The van der Waals surface area contributed by atoms with Crippen molar-refractivity contribution >= 4 is 44.7 Å². The van der Waals surface area contributed by atoms with Gasteiger partial charge in [-0.25, -0.2) is 27.4 Å². The first-order valence-corrected chi connectivity index (χ1v) is 12.2. The van der Waals surface area contributed by atoms with E-state index < -0.39 is 93.8 Å². The Labute approximate surface area is 221 Å². The number of amides is 1. The summed E-state index contributed by atoms with van der Waals surface area (Å²) in [6.07, 6.45) is -10.9. The number of alkyl halides is 6. The highest BCUT2D eigenvalue weighted by molar-refractivity contribution is 9.10. The van der Waals surface area contributed by atoms with Crippen molar-refractivity contribution in [3.63, 3.8) is 0 Å². The molecule has 3 rings (SSSR count). The molecule has 1 aromatic carbocycles. The number of esters is 1. The van der Waals surface area contributed by atoms with E-state index in [9.17, 15) is 40.7 Å². The van der Waals surface area contributed by atoms with Gasteiger partial charge in [-0.05, 0) is 33.8 Å². The van der Waals surface area contributed by atoms with Gasteiger partial charge >= 0.3 is 18.2 Å². The van der Waals surface area contributed by atoms with Crippen LogP contribution in [0.2, 0.25) is 0 Å². The molecule has 0 bridgehead atoms. The highest BCUT2D eigenvalue weighted by atomic mass is 79.9. The molecular weight excluding hydrogens is 592 g/mol. The summed E-state index contributed by atoms with van der Waals surface area (Å²) in [7, 11) is 0. The molecule has 0 spiro atoms. The van der Waals surface area contributed by atoms with Gasteiger partial charge in [-0.1, -0.05) is 15.9 Å². The third-order valence-corrected chi connectivity index (χ3v) is 6.24. The van der Waals surface area contributed by atoms with Gasteiger partial charge in [0.05, 0.1) is 30.3 Å². The maximum atomic E-state index is 14.4. The van der Waals surface area contributed by atoms with E-state index in [1.54, 1.807) is 20.8 Å². The van der Waals surface area contributed by atoms with Gasteiger partial charge in [0.2, 0.25) is 6.04 Å². The summed E-state index contributed by atoms with van der Waals surface area (Å²) in [5.41, 5.74) is -4.04. The van der Waals surface area contributed by atoms with Gasteiger partial charge in [-0.3, -0.25) is 9.69 Å². The van der Waals surface area contributed by atoms with Crippen molar-refractivity contribution in [1.29, 1.82) is 0 Å². The Bertz CT molecular complexity index is 1240. The number of likely N-dealkylation sites (tertiary alicyclic amines) is 1. The predicted octanol–water partition coefficient (Wildman–Crippen LogP) is 5.78. The molecule has 3 atom stereocenters. The van der Waals surface area contributed by atoms with E-state index in [1.807, 2.05) is 0 Å². The number of halogens is 7. The van der Waals surface area contributed by atoms with Gasteiger partial charge < -0.3 is 9.47 Å². The monoisotopic (exact) mass is 615 g/mol. The molecule has 1 saturated heterocycles. The topological polar surface area (TPSA) is 90.7 Å². The maximum Gasteiger partial charge on any atom is 0.417 e. The van der Waals surface area contributed by atoms with Crippen molar-refractivity contribution < 1.29 is 50.2 Å². The van der Waals surface area contributed by atoms with E-state index in [-0.39, 0.29) is 6.61 Å². The van der Waals surface area contributed by atoms with E-state index in [4.69, 9.17) is 9.47 Å². The molecule has 0 saturated carbocycles. The van der Waals surface area contributed by atoms with Gasteiger partial charge in [0.15, 0.2) is 5.78 Å². The molecule has 1 aromatic heterocycles. The van der Waals surface area contributed by atoms with Crippen molar-refractivity contribution in [2.24, 2.45) is 0 Å². The van der Waals surface area contributed by atoms with Crippen molar-refractivity contribution in [3.8, 4) is 0 Å². The summed E-state index contributed by atoms with van der Waals surface area (Å²) in [6.45, 7) is 5.22. The summed E-state index contributed by atoms with van der Waals surface area (Å²) in [6, 6.07) is -3.22. The van der Waals surface area contributed by atoms with Gasteiger partial charge in [-0.2, -0.15) is 18.3 Å². The number of benzene rings is 1. The molecule has 0 N–H and O–H groups in total. The number of Topliss-reactive ketones (excluding diaryl/α,β-unsaturated/α-hetero) is 1. The molecule has 38 heavy (non-hydrogen) atoms. The number of hydrogen-bond acceptors (Lipinski definition) is 6. The second kappa shape index (κ2) is 10.7. The smallest absolute Gasteiger partial charge is 0.417 e. The van der Waals surface area contributed by atoms with E-state index in [0.29, 0.717) is 16.9 Å². The first-order valence-electron chi connectivity index (χ1n) is 11.4. The summed E-state index contributed by atoms with van der Waals surface area (Å²) < 4.78 is 93.2. The SMILES string of the molecule is CCOC(=O)C(C(=O)[C@@H]1C[C@@H](F)CN1C(=O)OC(C)(C)C)n1cc2c(C(F)(F)F)cc(Br)c(C(F)F)c2n1. The highest BCUT2D eigenvalue weighted by Gasteiger charge is 2.47. The first-order chi connectivity index (χ1) is 17.5. The molecule has 0 aliphatic carbocycles. The lowest BCUT2D eigenvalue weighted by molar-refractivity contribution is -0.152. The largest absolute Gasteiger partial charge is 0.464 e. The second-order valence-corrected chi connectivity index (χ2v) is 10.4. The Morgan fingerprint density at radius 2 is 1.84 bits per heavy atom. The lowest BCUT2D eigenvalue weighted by Crippen LogP contribution is -2.47. The molecule has 1 aliphatic heterocycles. The Hall–Kier alpha value is -2.84. The normalized spacial score (nSPS) is 19.2. The number of rotatable bonds is 6. The summed E-state index contributed by atoms with van der Waals surface area (Å²) in [5.74, 6) is -2.41. The maximum absolute atomic E-state index is 14.4. The number of fused-ring (bicyclic) bond motifs is 1. The molecule has 210 valence electrons. The lowest BCUT2D eigenvalue weighted by Gasteiger charge is -2.29. The lowest BCUT2D eigenvalue weighted by atomic mass is 10.0. The van der Waals surface area contributed by atoms with Crippen molar-refractivity contribution in [2.75, 3.05) is 13.2 Å². The first kappa shape index (κ1) is 29.7. The molecular formula is C23H24BrF6N3O5. The average molecular weight is 616 g/mol. The van der Waals surface area contributed by atoms with Crippen LogP contribution in [0.15, 0.2) is 16.7 Å². The van der Waals surface area contributed by atoms with Gasteiger partial charge in [-0.15, -0.1) is 0 Å². The van der Waals surface area contributed by atoms with E-state index >= 15 is 0 Å². The number of nitrogens with zero attached hydrogens (tertiary/aromatic N) is 3. The molecule has 8 nitrogen and oxygen atoms in total. The van der Waals surface area contributed by atoms with E-state index in [2.05, 4.69) is 21.0 Å². The van der Waals surface area contributed by atoms with Crippen molar-refractivity contribution in [1.82, 2.24) is 14.7 Å². The molecule has 2 heterocycles. The van der Waals surface area contributed by atoms with E-state index in [1.165, 1.54) is 6.92 Å². The molecule has 2 aromatic rings. The zero-order valence-electron chi connectivity index (χ0n) is 20.6. The zero-order chi connectivity index (χ0) is 28.7. The van der Waals surface area contributed by atoms with Crippen LogP contribution in [0.5, 0.6) is 0 Å². The molecule has 1 aliphatic rings. The zero-order valence-corrected chi connectivity index (χ0v) is 22.2. The minimum absolute atomic E-state index is 0.253. The Morgan fingerprint density at radius 3 is 2.37 bits per heavy atom. The average Bonchev–Trinajstić information content (AvgIpc) is 3.35. The van der Waals surface area contributed by atoms with Crippen LogP contribution in [0.1, 0.15) is 57.7 Å². The van der Waals surface area contributed by atoms with Crippen LogP contribution >= 0.6 is 15.9 Å². The van der Waals surface area contributed by atoms with E-state index in [0.717, 1.165) is 4.90 Å². The fraction of sp³-hybridized carbons (Fsp3) is 0.565. The molecule has 0 radical (unpaired) electrons. The Balaban J connectivity index is 2.17. The standard InChI is InChI=1S/C23H24BrF6N3O5/c1-5-37-20(35)17(18(34)14-6-10(25)8-32(14)21(36)38-22(2,3)4)33-9-11-12(23(28,29)30)7-13(24)15(19(26)27)16(11)31-33/h7,9-10,14,17,19H,5-6,8H2,1-4H3/t10-,14+,17?/m1/s1. The summed E-state index contributed by atoms with van der Waals surface area (Å²) in [4.78, 5) is 39.9. The van der Waals surface area contributed by atoms with Crippen LogP contribution in [0.4, 0.5) is 31.1 Å². The fourth-order valence-corrected chi connectivity index (χ4v) is 4.68. The van der Waals surface area contributed by atoms with Crippen LogP contribution in [0.25, 0.3) is 10.9 Å². The van der Waals surface area contributed by atoms with Crippen LogP contribution in [0, 0.1) is 0 Å². The quantitative estimate of drug-likeness (QED) is 0.233. The molecule has 1 fully saturated rings. The third-order valence-electron chi connectivity index (χ3n) is 5.58. The highest BCUT2D eigenvalue weighted by Crippen LogP contribution is 2.42. The molecule has 1 unspecified atom stereocenters. The van der Waals surface area contributed by atoms with Gasteiger partial charge in [0.25, 0.3) is 6.43 Å². The van der Waals surface area contributed by atoms with Crippen molar-refractivity contribution in [2.45, 2.75) is 70.6 Å². The van der Waals surface area contributed by atoms with Crippen LogP contribution in [-0.4, -0.2) is 63.5 Å². The molecule has 1 amide bonds. The minimum Gasteiger partial charge on any atom is -0.464 e. The Morgan fingerprint density at radius 1 is 1.21 bits per heavy atom.